The van der Waals surface area contributed by atoms with E-state index in [1.807, 2.05) is 0 Å². The van der Waals surface area contributed by atoms with Crippen molar-refractivity contribution in [1.82, 2.24) is 5.48 Å². The fourth-order valence-electron chi connectivity index (χ4n) is 1.58. The number of hydrogen-bond donors (Lipinski definition) is 3. The molecule has 0 aliphatic carbocycles. The second-order valence-corrected chi connectivity index (χ2v) is 6.12. The third-order valence-electron chi connectivity index (χ3n) is 2.51. The van der Waals surface area contributed by atoms with Crippen molar-refractivity contribution in [1.29, 1.82) is 0 Å². The number of carboxylic acids is 1. The summed E-state index contributed by atoms with van der Waals surface area (Å²) in [5.74, 6) is -2.35. The van der Waals surface area contributed by atoms with E-state index in [0.29, 0.717) is 11.1 Å². The molecule has 0 amide bonds. The van der Waals surface area contributed by atoms with Crippen molar-refractivity contribution in [3.05, 3.63) is 42.0 Å². The Morgan fingerprint density at radius 1 is 1.37 bits per heavy atom. The third kappa shape index (κ3) is 3.88. The first kappa shape index (κ1) is 15.4. The molecule has 0 spiro atoms. The average molecular weight is 285 g/mol. The zero-order chi connectivity index (χ0) is 14.6. The summed E-state index contributed by atoms with van der Waals surface area (Å²) in [7, 11) is -3.83. The van der Waals surface area contributed by atoms with Crippen molar-refractivity contribution in [3.8, 4) is 0 Å². The van der Waals surface area contributed by atoms with Crippen LogP contribution in [0.5, 0.6) is 0 Å². The van der Waals surface area contributed by atoms with Gasteiger partial charge >= 0.3 is 5.97 Å². The van der Waals surface area contributed by atoms with Crippen LogP contribution in [0.25, 0.3) is 0 Å². The molecule has 0 saturated carbocycles. The number of hydroxylamine groups is 1. The van der Waals surface area contributed by atoms with Gasteiger partial charge in [0.1, 0.15) is 0 Å². The lowest BCUT2D eigenvalue weighted by atomic mass is 10.0. The topological polar surface area (TPSA) is 104 Å². The lowest BCUT2D eigenvalue weighted by Crippen LogP contribution is -2.18. The lowest BCUT2D eigenvalue weighted by molar-refractivity contribution is -0.134. The van der Waals surface area contributed by atoms with Crippen LogP contribution in [0.4, 0.5) is 0 Å². The van der Waals surface area contributed by atoms with Crippen LogP contribution in [0.3, 0.4) is 0 Å². The Balaban J connectivity index is 3.06. The highest BCUT2D eigenvalue weighted by Gasteiger charge is 2.19. The van der Waals surface area contributed by atoms with Gasteiger partial charge in [0.15, 0.2) is 15.6 Å². The molecule has 0 bridgehead atoms. The Kier molecular flexibility index (Phi) is 4.82. The van der Waals surface area contributed by atoms with Gasteiger partial charge in [0.2, 0.25) is 0 Å². The van der Waals surface area contributed by atoms with Crippen LogP contribution in [0, 0.1) is 0 Å². The second-order valence-electron chi connectivity index (χ2n) is 4.13. The van der Waals surface area contributed by atoms with Gasteiger partial charge in [-0.2, -0.15) is 5.48 Å². The quantitative estimate of drug-likeness (QED) is 0.535. The van der Waals surface area contributed by atoms with Gasteiger partial charge in [-0.05, 0) is 24.6 Å². The van der Waals surface area contributed by atoms with Crippen LogP contribution in [-0.2, 0) is 14.6 Å². The first-order valence-corrected chi connectivity index (χ1v) is 7.02. The number of benzene rings is 1. The van der Waals surface area contributed by atoms with Gasteiger partial charge in [-0.25, -0.2) is 8.42 Å². The zero-order valence-corrected chi connectivity index (χ0v) is 11.1. The Labute approximate surface area is 111 Å². The Morgan fingerprint density at radius 3 is 2.26 bits per heavy atom. The first-order chi connectivity index (χ1) is 8.77. The van der Waals surface area contributed by atoms with Gasteiger partial charge < -0.3 is 10.3 Å². The predicted molar refractivity (Wildman–Crippen MR) is 68.6 cm³/mol. The summed E-state index contributed by atoms with van der Waals surface area (Å²) < 4.78 is 23.3. The minimum Gasteiger partial charge on any atom is -0.480 e. The van der Waals surface area contributed by atoms with E-state index >= 15 is 0 Å². The third-order valence-corrected chi connectivity index (χ3v) is 4.13. The molecule has 3 N–H and O–H groups in total. The van der Waals surface area contributed by atoms with Crippen molar-refractivity contribution in [2.75, 3.05) is 5.75 Å². The molecule has 0 aliphatic rings. The number of rotatable bonds is 6. The number of sulfone groups is 1. The SMILES string of the molecule is C=C(C)C(NO)c1ccc(S(=O)(=O)CC(=O)O)cc1. The number of carboxylic acid groups (broad SMARTS) is 1. The van der Waals surface area contributed by atoms with E-state index in [0.717, 1.165) is 0 Å². The maximum atomic E-state index is 11.7. The molecule has 0 aliphatic heterocycles. The van der Waals surface area contributed by atoms with Gasteiger partial charge in [-0.15, -0.1) is 0 Å². The standard InChI is InChI=1S/C12H15NO5S/c1-8(2)12(13-16)9-3-5-10(6-4-9)19(17,18)7-11(14)15/h3-6,12-13,16H,1,7H2,2H3,(H,14,15). The van der Waals surface area contributed by atoms with Crippen molar-refractivity contribution < 1.29 is 23.5 Å². The summed E-state index contributed by atoms with van der Waals surface area (Å²) in [6.07, 6.45) is 0. The highest BCUT2D eigenvalue weighted by molar-refractivity contribution is 7.92. The monoisotopic (exact) mass is 285 g/mol. The molecule has 1 aromatic carbocycles. The van der Waals surface area contributed by atoms with E-state index in [9.17, 15) is 13.2 Å². The maximum Gasteiger partial charge on any atom is 0.319 e. The van der Waals surface area contributed by atoms with Gasteiger partial charge in [0, 0.05) is 0 Å². The Hall–Kier alpha value is -1.70. The van der Waals surface area contributed by atoms with E-state index < -0.39 is 27.6 Å². The first-order valence-electron chi connectivity index (χ1n) is 5.37. The van der Waals surface area contributed by atoms with Crippen molar-refractivity contribution in [3.63, 3.8) is 0 Å². The molecule has 0 heterocycles. The highest BCUT2D eigenvalue weighted by atomic mass is 32.2. The predicted octanol–water partition coefficient (Wildman–Crippen LogP) is 1.14. The molecule has 0 radical (unpaired) electrons. The van der Waals surface area contributed by atoms with Crippen LogP contribution >= 0.6 is 0 Å². The van der Waals surface area contributed by atoms with E-state index in [1.54, 1.807) is 6.92 Å². The molecule has 7 heteroatoms. The van der Waals surface area contributed by atoms with Crippen LogP contribution in [0.1, 0.15) is 18.5 Å². The summed E-state index contributed by atoms with van der Waals surface area (Å²) in [5, 5.41) is 17.5. The normalized spacial score (nSPS) is 12.9. The summed E-state index contributed by atoms with van der Waals surface area (Å²) >= 11 is 0. The molecule has 0 fully saturated rings. The summed E-state index contributed by atoms with van der Waals surface area (Å²) in [6, 6.07) is 5.10. The molecular formula is C12H15NO5S. The van der Waals surface area contributed by atoms with Gasteiger partial charge in [0.05, 0.1) is 10.9 Å². The molecule has 1 aromatic rings. The van der Waals surface area contributed by atoms with E-state index in [4.69, 9.17) is 10.3 Å². The van der Waals surface area contributed by atoms with Crippen molar-refractivity contribution in [2.24, 2.45) is 0 Å². The Bertz CT molecular complexity index is 577. The minimum absolute atomic E-state index is 0.0722. The molecule has 104 valence electrons. The van der Waals surface area contributed by atoms with E-state index in [2.05, 4.69) is 12.1 Å². The number of carbonyl (C=O) groups is 1. The maximum absolute atomic E-state index is 11.7. The molecule has 1 atom stereocenters. The Morgan fingerprint density at radius 2 is 1.89 bits per heavy atom. The average Bonchev–Trinajstić information content (AvgIpc) is 2.28. The van der Waals surface area contributed by atoms with Crippen molar-refractivity contribution in [2.45, 2.75) is 17.9 Å². The molecule has 1 unspecified atom stereocenters. The summed E-state index contributed by atoms with van der Waals surface area (Å²) in [4.78, 5) is 10.4. The van der Waals surface area contributed by atoms with Gasteiger partial charge in [0.25, 0.3) is 0 Å². The van der Waals surface area contributed by atoms with Crippen LogP contribution < -0.4 is 5.48 Å². The van der Waals surface area contributed by atoms with E-state index in [-0.39, 0.29) is 4.90 Å². The molecular weight excluding hydrogens is 270 g/mol. The summed E-state index contributed by atoms with van der Waals surface area (Å²) in [6.45, 7) is 5.41. The van der Waals surface area contributed by atoms with Crippen LogP contribution in [0.15, 0.2) is 41.3 Å². The number of nitrogens with one attached hydrogen (secondary N) is 1. The van der Waals surface area contributed by atoms with E-state index in [1.165, 1.54) is 24.3 Å². The molecule has 0 saturated heterocycles. The number of aliphatic carboxylic acids is 1. The smallest absolute Gasteiger partial charge is 0.319 e. The van der Waals surface area contributed by atoms with Crippen LogP contribution in [0.2, 0.25) is 0 Å². The fraction of sp³-hybridized carbons (Fsp3) is 0.250. The van der Waals surface area contributed by atoms with Crippen molar-refractivity contribution >= 4 is 15.8 Å². The molecule has 19 heavy (non-hydrogen) atoms. The lowest BCUT2D eigenvalue weighted by Gasteiger charge is -2.15. The second kappa shape index (κ2) is 5.96. The highest BCUT2D eigenvalue weighted by Crippen LogP contribution is 2.21. The molecule has 1 rings (SSSR count). The van der Waals surface area contributed by atoms with Gasteiger partial charge in [-0.3, -0.25) is 4.79 Å². The molecule has 6 nitrogen and oxygen atoms in total. The number of hydrogen-bond acceptors (Lipinski definition) is 5. The minimum atomic E-state index is -3.83. The van der Waals surface area contributed by atoms with Crippen LogP contribution in [-0.4, -0.2) is 30.5 Å². The van der Waals surface area contributed by atoms with Gasteiger partial charge in [-0.1, -0.05) is 24.3 Å². The zero-order valence-electron chi connectivity index (χ0n) is 10.3. The molecule has 0 aromatic heterocycles. The largest absolute Gasteiger partial charge is 0.480 e. The fourth-order valence-corrected chi connectivity index (χ4v) is 2.63. The summed E-state index contributed by atoms with van der Waals surface area (Å²) in [5.41, 5.74) is 3.35.